The first kappa shape index (κ1) is 18.9. The quantitative estimate of drug-likeness (QED) is 0.554. The number of nitrogens with zero attached hydrogens (tertiary/aromatic N) is 2. The standard InChI is InChI=1S/C22H30N6/c23-11-10-16(13-24)14-25-20-9-3-5-17-6-4-12-28(22(17)20)15-21-26-18-7-1-2-8-19(18)27-21/h1-2,4,6-8,10,12,20,22,25H,3,5,9,11,13-15,23-24H2,(H,26,27). The Morgan fingerprint density at radius 3 is 3.04 bits per heavy atom. The van der Waals surface area contributed by atoms with Crippen molar-refractivity contribution in [3.8, 4) is 0 Å². The van der Waals surface area contributed by atoms with Gasteiger partial charge in [-0.1, -0.05) is 24.3 Å². The van der Waals surface area contributed by atoms with Crippen molar-refractivity contribution in [2.45, 2.75) is 37.9 Å². The van der Waals surface area contributed by atoms with Crippen LogP contribution in [0.3, 0.4) is 0 Å². The minimum Gasteiger partial charge on any atom is -0.362 e. The van der Waals surface area contributed by atoms with E-state index in [2.05, 4.69) is 45.7 Å². The van der Waals surface area contributed by atoms with Gasteiger partial charge in [-0.3, -0.25) is 0 Å². The molecule has 2 aliphatic rings. The molecular formula is C22H30N6. The molecule has 1 aliphatic carbocycles. The Morgan fingerprint density at radius 2 is 2.21 bits per heavy atom. The van der Waals surface area contributed by atoms with Crippen molar-refractivity contribution in [3.63, 3.8) is 0 Å². The number of aromatic nitrogens is 2. The number of benzene rings is 1. The largest absolute Gasteiger partial charge is 0.362 e. The first-order valence-corrected chi connectivity index (χ1v) is 10.2. The van der Waals surface area contributed by atoms with Crippen molar-refractivity contribution >= 4 is 11.0 Å². The Balaban J connectivity index is 1.51. The van der Waals surface area contributed by atoms with Gasteiger partial charge in [0.05, 0.1) is 23.6 Å². The van der Waals surface area contributed by atoms with Crippen LogP contribution in [0.4, 0.5) is 0 Å². The number of allylic oxidation sites excluding steroid dienone is 2. The molecular weight excluding hydrogens is 348 g/mol. The van der Waals surface area contributed by atoms with Gasteiger partial charge >= 0.3 is 0 Å². The summed E-state index contributed by atoms with van der Waals surface area (Å²) in [7, 11) is 0. The van der Waals surface area contributed by atoms with Gasteiger partial charge in [-0.25, -0.2) is 4.98 Å². The number of para-hydroxylation sites is 2. The number of hydrogen-bond donors (Lipinski definition) is 4. The fourth-order valence-electron chi connectivity index (χ4n) is 4.36. The molecule has 6 nitrogen and oxygen atoms in total. The molecule has 2 aromatic rings. The summed E-state index contributed by atoms with van der Waals surface area (Å²) >= 11 is 0. The van der Waals surface area contributed by atoms with Crippen LogP contribution in [-0.2, 0) is 6.54 Å². The third kappa shape index (κ3) is 4.04. The van der Waals surface area contributed by atoms with E-state index in [0.717, 1.165) is 42.8 Å². The fourth-order valence-corrected chi connectivity index (χ4v) is 4.36. The molecule has 1 fully saturated rings. The number of nitrogens with two attached hydrogens (primary N) is 2. The number of rotatable bonds is 7. The van der Waals surface area contributed by atoms with Gasteiger partial charge in [-0.2, -0.15) is 0 Å². The zero-order valence-corrected chi connectivity index (χ0v) is 16.3. The lowest BCUT2D eigenvalue weighted by atomic mass is 9.83. The number of imidazole rings is 1. The molecule has 1 aliphatic heterocycles. The van der Waals surface area contributed by atoms with Gasteiger partial charge in [-0.05, 0) is 48.6 Å². The smallest absolute Gasteiger partial charge is 0.126 e. The van der Waals surface area contributed by atoms with Crippen LogP contribution in [0, 0.1) is 0 Å². The average molecular weight is 379 g/mol. The van der Waals surface area contributed by atoms with Gasteiger partial charge in [-0.15, -0.1) is 0 Å². The summed E-state index contributed by atoms with van der Waals surface area (Å²) in [5, 5.41) is 3.75. The van der Waals surface area contributed by atoms with Crippen LogP contribution >= 0.6 is 0 Å². The lowest BCUT2D eigenvalue weighted by molar-refractivity contribution is 0.205. The molecule has 0 bridgehead atoms. The van der Waals surface area contributed by atoms with E-state index in [1.807, 2.05) is 18.2 Å². The van der Waals surface area contributed by atoms with Crippen molar-refractivity contribution in [1.29, 1.82) is 0 Å². The minimum absolute atomic E-state index is 0.351. The highest BCUT2D eigenvalue weighted by Gasteiger charge is 2.33. The highest BCUT2D eigenvalue weighted by Crippen LogP contribution is 2.32. The molecule has 4 rings (SSSR count). The lowest BCUT2D eigenvalue weighted by Crippen LogP contribution is -2.52. The van der Waals surface area contributed by atoms with Crippen molar-refractivity contribution in [1.82, 2.24) is 20.2 Å². The van der Waals surface area contributed by atoms with E-state index >= 15 is 0 Å². The lowest BCUT2D eigenvalue weighted by Gasteiger charge is -2.43. The maximum atomic E-state index is 5.86. The Labute approximate surface area is 166 Å². The molecule has 1 saturated carbocycles. The Bertz CT molecular complexity index is 860. The van der Waals surface area contributed by atoms with Crippen molar-refractivity contribution in [3.05, 3.63) is 65.7 Å². The van der Waals surface area contributed by atoms with Gasteiger partial charge in [0.1, 0.15) is 5.82 Å². The number of hydrogen-bond acceptors (Lipinski definition) is 5. The molecule has 1 aromatic heterocycles. The van der Waals surface area contributed by atoms with Gasteiger partial charge in [0.2, 0.25) is 0 Å². The maximum Gasteiger partial charge on any atom is 0.126 e. The zero-order chi connectivity index (χ0) is 19.3. The summed E-state index contributed by atoms with van der Waals surface area (Å²) < 4.78 is 0. The summed E-state index contributed by atoms with van der Waals surface area (Å²) in [6, 6.07) is 8.93. The van der Waals surface area contributed by atoms with Gasteiger partial charge in [0.15, 0.2) is 0 Å². The van der Waals surface area contributed by atoms with Crippen molar-refractivity contribution in [2.75, 3.05) is 19.6 Å². The van der Waals surface area contributed by atoms with Crippen LogP contribution < -0.4 is 16.8 Å². The molecule has 2 heterocycles. The third-order valence-electron chi connectivity index (χ3n) is 5.72. The number of fused-ring (bicyclic) bond motifs is 2. The molecule has 2 atom stereocenters. The molecule has 0 saturated heterocycles. The van der Waals surface area contributed by atoms with Gasteiger partial charge < -0.3 is 26.7 Å². The normalized spacial score (nSPS) is 22.4. The van der Waals surface area contributed by atoms with E-state index in [0.29, 0.717) is 25.2 Å². The summed E-state index contributed by atoms with van der Waals surface area (Å²) in [6.07, 6.45) is 12.2. The van der Waals surface area contributed by atoms with Crippen molar-refractivity contribution < 1.29 is 0 Å². The van der Waals surface area contributed by atoms with E-state index in [1.54, 1.807) is 0 Å². The molecule has 2 unspecified atom stereocenters. The van der Waals surface area contributed by atoms with Crippen LogP contribution in [0.1, 0.15) is 25.1 Å². The molecule has 0 radical (unpaired) electrons. The van der Waals surface area contributed by atoms with E-state index < -0.39 is 0 Å². The second-order valence-corrected chi connectivity index (χ2v) is 7.58. The topological polar surface area (TPSA) is 96.0 Å². The van der Waals surface area contributed by atoms with Crippen LogP contribution in [0.25, 0.3) is 11.0 Å². The highest BCUT2D eigenvalue weighted by atomic mass is 15.2. The molecule has 6 N–H and O–H groups in total. The van der Waals surface area contributed by atoms with Crippen molar-refractivity contribution in [2.24, 2.45) is 11.5 Å². The van der Waals surface area contributed by atoms with E-state index in [-0.39, 0.29) is 0 Å². The van der Waals surface area contributed by atoms with Crippen LogP contribution in [0.2, 0.25) is 0 Å². The van der Waals surface area contributed by atoms with E-state index in [1.165, 1.54) is 17.6 Å². The predicted octanol–water partition coefficient (Wildman–Crippen LogP) is 2.17. The Morgan fingerprint density at radius 1 is 1.32 bits per heavy atom. The van der Waals surface area contributed by atoms with Crippen LogP contribution in [0.15, 0.2) is 59.8 Å². The maximum absolute atomic E-state index is 5.86. The number of H-pyrrole nitrogens is 1. The summed E-state index contributed by atoms with van der Waals surface area (Å²) in [5.41, 5.74) is 16.3. The summed E-state index contributed by atoms with van der Waals surface area (Å²) in [4.78, 5) is 10.6. The fraction of sp³-hybridized carbons (Fsp3) is 0.409. The summed E-state index contributed by atoms with van der Waals surface area (Å²) in [6.45, 7) is 2.65. The van der Waals surface area contributed by atoms with Gasteiger partial charge in [0, 0.05) is 31.9 Å². The second kappa shape index (κ2) is 8.73. The van der Waals surface area contributed by atoms with E-state index in [9.17, 15) is 0 Å². The van der Waals surface area contributed by atoms with E-state index in [4.69, 9.17) is 16.5 Å². The minimum atomic E-state index is 0.351. The van der Waals surface area contributed by atoms with Crippen LogP contribution in [0.5, 0.6) is 0 Å². The zero-order valence-electron chi connectivity index (χ0n) is 16.3. The SMILES string of the molecule is NCC=C(CN)CNC1CCCC2=CC=CN(Cc3nc4ccccc4[nH]3)C21. The molecule has 0 spiro atoms. The number of aromatic amines is 1. The summed E-state index contributed by atoms with van der Waals surface area (Å²) in [5.74, 6) is 1.00. The molecule has 28 heavy (non-hydrogen) atoms. The van der Waals surface area contributed by atoms with Gasteiger partial charge in [0.25, 0.3) is 0 Å². The molecule has 0 amide bonds. The average Bonchev–Trinajstić information content (AvgIpc) is 3.13. The molecule has 148 valence electrons. The first-order chi connectivity index (χ1) is 13.8. The molecule has 6 heteroatoms. The monoisotopic (exact) mass is 378 g/mol. The van der Waals surface area contributed by atoms with Crippen LogP contribution in [-0.4, -0.2) is 46.6 Å². The predicted molar refractivity (Wildman–Crippen MR) is 114 cm³/mol. The third-order valence-corrected chi connectivity index (χ3v) is 5.72. The number of nitrogens with one attached hydrogen (secondary N) is 2. The second-order valence-electron chi connectivity index (χ2n) is 7.58. The Kier molecular flexibility index (Phi) is 5.90. The Hall–Kier alpha value is -2.41. The molecule has 1 aromatic carbocycles. The highest BCUT2D eigenvalue weighted by molar-refractivity contribution is 5.74. The first-order valence-electron chi connectivity index (χ1n) is 10.2.